The maximum atomic E-state index is 13.7. The first-order valence-corrected chi connectivity index (χ1v) is 14.7. The summed E-state index contributed by atoms with van der Waals surface area (Å²) in [5.74, 6) is -0.907. The van der Waals surface area contributed by atoms with Crippen LogP contribution in [-0.2, 0) is 24.3 Å². The fraction of sp³-hybridized carbons (Fsp3) is 0.625. The van der Waals surface area contributed by atoms with Gasteiger partial charge in [0.15, 0.2) is 5.58 Å². The molecule has 1 atom stereocenters. The van der Waals surface area contributed by atoms with Gasteiger partial charge < -0.3 is 9.15 Å². The third kappa shape index (κ3) is 8.19. The number of sulfonamides is 1. The van der Waals surface area contributed by atoms with Crippen molar-refractivity contribution in [3.05, 3.63) is 18.2 Å². The number of carbonyl (C=O) groups excluding carboxylic acids is 2. The van der Waals surface area contributed by atoms with E-state index in [-0.39, 0.29) is 30.9 Å². The van der Waals surface area contributed by atoms with Gasteiger partial charge in [-0.25, -0.2) is 18.9 Å². The molecule has 1 aromatic heterocycles. The van der Waals surface area contributed by atoms with Crippen molar-refractivity contribution in [2.24, 2.45) is 5.92 Å². The zero-order valence-corrected chi connectivity index (χ0v) is 23.0. The molecule has 36 heavy (non-hydrogen) atoms. The molecule has 0 aliphatic carbocycles. The first-order chi connectivity index (χ1) is 17.1. The number of hydrogen-bond donors (Lipinski definition) is 2. The van der Waals surface area contributed by atoms with Crippen LogP contribution in [0.2, 0.25) is 0 Å². The van der Waals surface area contributed by atoms with Crippen molar-refractivity contribution in [2.75, 3.05) is 18.9 Å². The zero-order chi connectivity index (χ0) is 26.7. The van der Waals surface area contributed by atoms with E-state index in [0.717, 1.165) is 29.3 Å². The Labute approximate surface area is 217 Å². The lowest BCUT2D eigenvalue weighted by Crippen LogP contribution is -2.52. The molecule has 0 radical (unpaired) electrons. The fourth-order valence-corrected chi connectivity index (χ4v) is 6.39. The number of carbonyl (C=O) groups is 2. The van der Waals surface area contributed by atoms with E-state index < -0.39 is 33.9 Å². The lowest BCUT2D eigenvalue weighted by atomic mass is 10.0. The minimum Gasteiger partial charge on any atom is -0.466 e. The molecule has 1 amide bonds. The van der Waals surface area contributed by atoms with Crippen LogP contribution >= 0.6 is 11.8 Å². The van der Waals surface area contributed by atoms with Crippen molar-refractivity contribution < 1.29 is 32.4 Å². The number of rotatable bonds is 16. The van der Waals surface area contributed by atoms with Gasteiger partial charge >= 0.3 is 5.97 Å². The average molecular weight is 544 g/mol. The lowest BCUT2D eigenvalue weighted by molar-refractivity contribution is -0.143. The molecule has 10 nitrogen and oxygen atoms in total. The highest BCUT2D eigenvalue weighted by Crippen LogP contribution is 2.29. The summed E-state index contributed by atoms with van der Waals surface area (Å²) in [6.45, 7) is 7.30. The maximum absolute atomic E-state index is 13.7. The number of amides is 1. The van der Waals surface area contributed by atoms with Crippen LogP contribution in [0.4, 0.5) is 0 Å². The number of oxazole rings is 1. The number of hydrogen-bond acceptors (Lipinski definition) is 9. The average Bonchev–Trinajstić information content (AvgIpc) is 3.25. The summed E-state index contributed by atoms with van der Waals surface area (Å²) in [5, 5.41) is 9.74. The molecule has 0 saturated heterocycles. The summed E-state index contributed by atoms with van der Waals surface area (Å²) in [7, 11) is -4.21. The van der Waals surface area contributed by atoms with Gasteiger partial charge in [-0.05, 0) is 37.8 Å². The van der Waals surface area contributed by atoms with Gasteiger partial charge in [-0.3, -0.25) is 14.8 Å². The number of benzene rings is 1. The smallest absolute Gasteiger partial charge is 0.305 e. The van der Waals surface area contributed by atoms with Crippen LogP contribution in [0.25, 0.3) is 11.1 Å². The maximum Gasteiger partial charge on any atom is 0.305 e. The summed E-state index contributed by atoms with van der Waals surface area (Å²) in [6.07, 6.45) is 4.64. The first-order valence-electron chi connectivity index (χ1n) is 12.3. The molecule has 2 N–H and O–H groups in total. The Morgan fingerprint density at radius 3 is 2.58 bits per heavy atom. The van der Waals surface area contributed by atoms with Crippen LogP contribution in [0.15, 0.2) is 32.7 Å². The molecule has 0 spiro atoms. The van der Waals surface area contributed by atoms with Crippen molar-refractivity contribution in [2.45, 2.75) is 82.4 Å². The zero-order valence-electron chi connectivity index (χ0n) is 21.4. The number of nitrogens with one attached hydrogen (secondary N) is 1. The minimum absolute atomic E-state index is 0.00853. The molecule has 1 heterocycles. The molecule has 12 heteroatoms. The molecule has 0 aliphatic heterocycles. The third-order valence-electron chi connectivity index (χ3n) is 5.56. The van der Waals surface area contributed by atoms with E-state index in [1.807, 2.05) is 0 Å². The summed E-state index contributed by atoms with van der Waals surface area (Å²) in [4.78, 5) is 28.6. The molecule has 0 bridgehead atoms. The molecule has 0 unspecified atom stereocenters. The Bertz CT molecular complexity index is 1100. The van der Waals surface area contributed by atoms with Crippen LogP contribution < -0.4 is 5.48 Å². The lowest BCUT2D eigenvalue weighted by Gasteiger charge is -2.31. The van der Waals surface area contributed by atoms with Crippen LogP contribution in [0.3, 0.4) is 0 Å². The van der Waals surface area contributed by atoms with E-state index in [4.69, 9.17) is 9.15 Å². The second kappa shape index (κ2) is 14.6. The molecule has 1 aromatic carbocycles. The number of unbranched alkanes of at least 4 members (excludes halogenated alkanes) is 3. The predicted octanol–water partition coefficient (Wildman–Crippen LogP) is 4.36. The van der Waals surface area contributed by atoms with Gasteiger partial charge in [-0.15, -0.1) is 0 Å². The van der Waals surface area contributed by atoms with E-state index >= 15 is 0 Å². The monoisotopic (exact) mass is 543 g/mol. The van der Waals surface area contributed by atoms with Gasteiger partial charge in [0.2, 0.25) is 10.0 Å². The molecule has 2 aromatic rings. The van der Waals surface area contributed by atoms with Crippen molar-refractivity contribution >= 4 is 44.8 Å². The Kier molecular flexibility index (Phi) is 12.2. The highest BCUT2D eigenvalue weighted by molar-refractivity contribution is 7.99. The fourth-order valence-electron chi connectivity index (χ4n) is 3.78. The summed E-state index contributed by atoms with van der Waals surface area (Å²) < 4.78 is 39.1. The Morgan fingerprint density at radius 2 is 1.94 bits per heavy atom. The summed E-state index contributed by atoms with van der Waals surface area (Å²) >= 11 is 1.49. The number of fused-ring (bicyclic) bond motifs is 1. The van der Waals surface area contributed by atoms with Crippen LogP contribution in [0.5, 0.6) is 0 Å². The Morgan fingerprint density at radius 1 is 1.19 bits per heavy atom. The second-order valence-electron chi connectivity index (χ2n) is 8.71. The van der Waals surface area contributed by atoms with Gasteiger partial charge in [-0.2, -0.15) is 4.31 Å². The summed E-state index contributed by atoms with van der Waals surface area (Å²) in [6, 6.07) is 3.19. The van der Waals surface area contributed by atoms with Crippen molar-refractivity contribution in [3.8, 4) is 0 Å². The molecule has 0 aliphatic rings. The quantitative estimate of drug-likeness (QED) is 0.104. The van der Waals surface area contributed by atoms with Crippen LogP contribution in [0, 0.1) is 5.92 Å². The molecule has 0 saturated carbocycles. The number of thioether (sulfide) groups is 1. The van der Waals surface area contributed by atoms with Gasteiger partial charge in [0.05, 0.1) is 11.5 Å². The largest absolute Gasteiger partial charge is 0.466 e. The van der Waals surface area contributed by atoms with E-state index in [1.165, 1.54) is 30.3 Å². The van der Waals surface area contributed by atoms with Crippen LogP contribution in [-0.4, -0.2) is 59.7 Å². The normalized spacial score (nSPS) is 12.9. The highest BCUT2D eigenvalue weighted by atomic mass is 32.2. The topological polar surface area (TPSA) is 139 Å². The summed E-state index contributed by atoms with van der Waals surface area (Å²) in [5.41, 5.74) is 2.43. The van der Waals surface area contributed by atoms with E-state index in [9.17, 15) is 23.2 Å². The first kappa shape index (κ1) is 30.1. The van der Waals surface area contributed by atoms with E-state index in [0.29, 0.717) is 16.3 Å². The van der Waals surface area contributed by atoms with Gasteiger partial charge in [0.1, 0.15) is 11.6 Å². The SMILES string of the molecule is CCCCCCSc1nc2ccc(S(=O)(=O)N(CCCC(=O)OCC)[C@H](C(=O)NO)C(C)C)cc2o1. The Hall–Kier alpha value is -2.15. The minimum atomic E-state index is -4.21. The number of esters is 1. The van der Waals surface area contributed by atoms with E-state index in [1.54, 1.807) is 32.3 Å². The molecular weight excluding hydrogens is 506 g/mol. The van der Waals surface area contributed by atoms with Crippen molar-refractivity contribution in [3.63, 3.8) is 0 Å². The van der Waals surface area contributed by atoms with Gasteiger partial charge in [-0.1, -0.05) is 51.8 Å². The molecular formula is C24H37N3O7S2. The number of hydroxylamine groups is 1. The highest BCUT2D eigenvalue weighted by Gasteiger charge is 2.38. The van der Waals surface area contributed by atoms with Crippen LogP contribution in [0.1, 0.15) is 66.2 Å². The second-order valence-corrected chi connectivity index (χ2v) is 11.6. The standard InChI is InChI=1S/C24H37N3O7S2/c1-5-7-8-9-15-35-24-25-19-13-12-18(16-20(19)34-24)36(31,32)27(14-10-11-21(28)33-6-2)22(17(3)4)23(29)26-30/h12-13,16-17,22,30H,5-11,14-15H2,1-4H3,(H,26,29)/t22-/m0/s1. The number of aromatic nitrogens is 1. The number of nitrogens with zero attached hydrogens (tertiary/aromatic N) is 2. The molecule has 202 valence electrons. The van der Waals surface area contributed by atoms with Gasteiger partial charge in [0.25, 0.3) is 11.1 Å². The van der Waals surface area contributed by atoms with Crippen molar-refractivity contribution in [1.82, 2.24) is 14.8 Å². The Balaban J connectivity index is 2.31. The van der Waals surface area contributed by atoms with Crippen molar-refractivity contribution in [1.29, 1.82) is 0 Å². The van der Waals surface area contributed by atoms with E-state index in [2.05, 4.69) is 11.9 Å². The van der Waals surface area contributed by atoms with Gasteiger partial charge in [0, 0.05) is 24.8 Å². The molecule has 0 fully saturated rings. The predicted molar refractivity (Wildman–Crippen MR) is 137 cm³/mol. The number of ether oxygens (including phenoxy) is 1. The third-order valence-corrected chi connectivity index (χ3v) is 8.35. The molecule has 2 rings (SSSR count).